The molecule has 21 heavy (non-hydrogen) atoms. The number of carbonyl (C=O) groups is 1. The molecule has 0 spiro atoms. The normalized spacial score (nSPS) is 19.3. The van der Waals surface area contributed by atoms with Crippen molar-refractivity contribution in [2.24, 2.45) is 0 Å². The summed E-state index contributed by atoms with van der Waals surface area (Å²) < 4.78 is 0. The van der Waals surface area contributed by atoms with Crippen molar-refractivity contribution in [2.75, 3.05) is 13.1 Å². The van der Waals surface area contributed by atoms with E-state index in [0.29, 0.717) is 13.1 Å². The Kier molecular flexibility index (Phi) is 4.23. The molecule has 0 saturated carbocycles. The van der Waals surface area contributed by atoms with Gasteiger partial charge in [0.2, 0.25) is 5.91 Å². The van der Waals surface area contributed by atoms with Crippen molar-refractivity contribution < 1.29 is 4.79 Å². The first-order chi connectivity index (χ1) is 10.2. The predicted octanol–water partition coefficient (Wildman–Crippen LogP) is 3.01. The van der Waals surface area contributed by atoms with Crippen molar-refractivity contribution in [1.29, 1.82) is 0 Å². The summed E-state index contributed by atoms with van der Waals surface area (Å²) >= 11 is 6.05. The summed E-state index contributed by atoms with van der Waals surface area (Å²) in [6.07, 6.45) is 0. The van der Waals surface area contributed by atoms with E-state index in [1.807, 2.05) is 54.6 Å². The van der Waals surface area contributed by atoms with Gasteiger partial charge < -0.3 is 5.32 Å². The van der Waals surface area contributed by atoms with E-state index in [2.05, 4.69) is 10.2 Å². The lowest BCUT2D eigenvalue weighted by atomic mass is 10.0. The van der Waals surface area contributed by atoms with Gasteiger partial charge in [0.15, 0.2) is 0 Å². The lowest BCUT2D eigenvalue weighted by Crippen LogP contribution is -2.49. The van der Waals surface area contributed by atoms with Crippen molar-refractivity contribution >= 4 is 17.5 Å². The molecule has 1 saturated heterocycles. The first-order valence-corrected chi connectivity index (χ1v) is 7.43. The van der Waals surface area contributed by atoms with Gasteiger partial charge in [0, 0.05) is 24.7 Å². The van der Waals surface area contributed by atoms with E-state index in [1.165, 1.54) is 0 Å². The number of nitrogens with one attached hydrogen (secondary N) is 1. The van der Waals surface area contributed by atoms with Crippen LogP contribution >= 0.6 is 11.6 Å². The molecule has 0 aromatic heterocycles. The molecule has 1 fully saturated rings. The number of rotatable bonds is 3. The third-order valence-corrected chi connectivity index (χ3v) is 3.94. The van der Waals surface area contributed by atoms with E-state index in [1.54, 1.807) is 0 Å². The third-order valence-electron chi connectivity index (χ3n) is 3.70. The average molecular weight is 301 g/mol. The lowest BCUT2D eigenvalue weighted by Gasteiger charge is -2.35. The van der Waals surface area contributed by atoms with Crippen LogP contribution < -0.4 is 5.32 Å². The molecule has 0 aliphatic carbocycles. The van der Waals surface area contributed by atoms with Crippen LogP contribution in [-0.4, -0.2) is 23.9 Å². The molecule has 1 amide bonds. The summed E-state index contributed by atoms with van der Waals surface area (Å²) in [6, 6.07) is 17.5. The van der Waals surface area contributed by atoms with Crippen molar-refractivity contribution in [1.82, 2.24) is 10.2 Å². The number of benzene rings is 2. The Labute approximate surface area is 129 Å². The second-order valence-corrected chi connectivity index (χ2v) is 5.64. The van der Waals surface area contributed by atoms with Crippen LogP contribution in [0.4, 0.5) is 0 Å². The van der Waals surface area contributed by atoms with E-state index in [9.17, 15) is 4.79 Å². The molecule has 3 rings (SSSR count). The molecule has 1 atom stereocenters. The Balaban J connectivity index is 1.86. The van der Waals surface area contributed by atoms with Crippen molar-refractivity contribution in [3.63, 3.8) is 0 Å². The van der Waals surface area contributed by atoms with Crippen molar-refractivity contribution in [3.8, 4) is 0 Å². The first-order valence-electron chi connectivity index (χ1n) is 7.05. The molecule has 0 radical (unpaired) electrons. The highest BCUT2D eigenvalue weighted by molar-refractivity contribution is 6.30. The molecule has 1 aliphatic rings. The number of amides is 1. The van der Waals surface area contributed by atoms with Crippen LogP contribution in [0.5, 0.6) is 0 Å². The SMILES string of the molecule is O=C1NCCN(Cc2cccc(Cl)c2)C1c1ccccc1. The first kappa shape index (κ1) is 14.1. The summed E-state index contributed by atoms with van der Waals surface area (Å²) in [4.78, 5) is 14.5. The molecule has 1 unspecified atom stereocenters. The molecule has 4 heteroatoms. The Morgan fingerprint density at radius 1 is 1.14 bits per heavy atom. The molecular formula is C17H17ClN2O. The summed E-state index contributed by atoms with van der Waals surface area (Å²) in [5.41, 5.74) is 2.15. The number of carbonyl (C=O) groups excluding carboxylic acids is 1. The highest BCUT2D eigenvalue weighted by Crippen LogP contribution is 2.25. The maximum absolute atomic E-state index is 12.3. The van der Waals surface area contributed by atoms with Gasteiger partial charge in [-0.05, 0) is 23.3 Å². The van der Waals surface area contributed by atoms with Crippen LogP contribution in [0.1, 0.15) is 17.2 Å². The zero-order valence-corrected chi connectivity index (χ0v) is 12.4. The quantitative estimate of drug-likeness (QED) is 0.945. The van der Waals surface area contributed by atoms with Gasteiger partial charge in [-0.15, -0.1) is 0 Å². The fraction of sp³-hybridized carbons (Fsp3) is 0.235. The average Bonchev–Trinajstić information content (AvgIpc) is 2.48. The van der Waals surface area contributed by atoms with Gasteiger partial charge in [-0.25, -0.2) is 0 Å². The molecular weight excluding hydrogens is 284 g/mol. The van der Waals surface area contributed by atoms with E-state index in [-0.39, 0.29) is 11.9 Å². The Morgan fingerprint density at radius 3 is 2.71 bits per heavy atom. The largest absolute Gasteiger partial charge is 0.353 e. The minimum absolute atomic E-state index is 0.0643. The van der Waals surface area contributed by atoms with Gasteiger partial charge in [-0.2, -0.15) is 0 Å². The molecule has 3 nitrogen and oxygen atoms in total. The van der Waals surface area contributed by atoms with E-state index < -0.39 is 0 Å². The van der Waals surface area contributed by atoms with Crippen LogP contribution in [0.25, 0.3) is 0 Å². The van der Waals surface area contributed by atoms with E-state index >= 15 is 0 Å². The monoisotopic (exact) mass is 300 g/mol. The Bertz CT molecular complexity index is 630. The van der Waals surface area contributed by atoms with Crippen LogP contribution in [0.2, 0.25) is 5.02 Å². The van der Waals surface area contributed by atoms with Crippen LogP contribution in [0, 0.1) is 0 Å². The molecule has 1 heterocycles. The lowest BCUT2D eigenvalue weighted by molar-refractivity contribution is -0.129. The second kappa shape index (κ2) is 6.29. The van der Waals surface area contributed by atoms with Crippen molar-refractivity contribution in [3.05, 3.63) is 70.7 Å². The highest BCUT2D eigenvalue weighted by Gasteiger charge is 2.30. The van der Waals surface area contributed by atoms with Gasteiger partial charge in [0.25, 0.3) is 0 Å². The maximum atomic E-state index is 12.3. The number of hydrogen-bond acceptors (Lipinski definition) is 2. The summed E-state index contributed by atoms with van der Waals surface area (Å²) in [6.45, 7) is 2.23. The van der Waals surface area contributed by atoms with Gasteiger partial charge in [0.05, 0.1) is 0 Å². The number of halogens is 1. The topological polar surface area (TPSA) is 32.3 Å². The van der Waals surface area contributed by atoms with Gasteiger partial charge in [-0.3, -0.25) is 9.69 Å². The second-order valence-electron chi connectivity index (χ2n) is 5.20. The number of piperazine rings is 1. The maximum Gasteiger partial charge on any atom is 0.242 e. The molecule has 108 valence electrons. The van der Waals surface area contributed by atoms with Crippen LogP contribution in [0.15, 0.2) is 54.6 Å². The zero-order valence-electron chi connectivity index (χ0n) is 11.6. The standard InChI is InChI=1S/C17H17ClN2O/c18-15-8-4-5-13(11-15)12-20-10-9-19-17(21)16(20)14-6-2-1-3-7-14/h1-8,11,16H,9-10,12H2,(H,19,21). The van der Waals surface area contributed by atoms with Crippen LogP contribution in [-0.2, 0) is 11.3 Å². The smallest absolute Gasteiger partial charge is 0.242 e. The molecule has 2 aromatic carbocycles. The van der Waals surface area contributed by atoms with Crippen molar-refractivity contribution in [2.45, 2.75) is 12.6 Å². The van der Waals surface area contributed by atoms with Gasteiger partial charge in [0.1, 0.15) is 6.04 Å². The summed E-state index contributed by atoms with van der Waals surface area (Å²) in [7, 11) is 0. The van der Waals surface area contributed by atoms with Gasteiger partial charge >= 0.3 is 0 Å². The fourth-order valence-corrected chi connectivity index (χ4v) is 2.96. The molecule has 0 bridgehead atoms. The third kappa shape index (κ3) is 3.26. The minimum atomic E-state index is -0.237. The summed E-state index contributed by atoms with van der Waals surface area (Å²) in [5, 5.41) is 3.68. The van der Waals surface area contributed by atoms with Crippen LogP contribution in [0.3, 0.4) is 0 Å². The van der Waals surface area contributed by atoms with E-state index in [4.69, 9.17) is 11.6 Å². The van der Waals surface area contributed by atoms with E-state index in [0.717, 1.165) is 22.7 Å². The molecule has 2 aromatic rings. The predicted molar refractivity (Wildman–Crippen MR) is 84.1 cm³/mol. The minimum Gasteiger partial charge on any atom is -0.353 e. The zero-order chi connectivity index (χ0) is 14.7. The van der Waals surface area contributed by atoms with Gasteiger partial charge in [-0.1, -0.05) is 54.1 Å². The molecule has 1 N–H and O–H groups in total. The highest BCUT2D eigenvalue weighted by atomic mass is 35.5. The number of hydrogen-bond donors (Lipinski definition) is 1. The molecule has 1 aliphatic heterocycles. The summed E-state index contributed by atoms with van der Waals surface area (Å²) in [5.74, 6) is 0.0643. The Morgan fingerprint density at radius 2 is 1.95 bits per heavy atom. The number of nitrogens with zero attached hydrogens (tertiary/aromatic N) is 1. The fourth-order valence-electron chi connectivity index (χ4n) is 2.75. The Hall–Kier alpha value is -1.84.